The Morgan fingerprint density at radius 1 is 1.03 bits per heavy atom. The number of carbonyl (C=O) groups is 1. The number of esters is 1. The average molecular weight is 490 g/mol. The normalized spacial score (nSPS) is 11.0. The lowest BCUT2D eigenvalue weighted by Gasteiger charge is -2.20. The number of hydrogen-bond acceptors (Lipinski definition) is 7. The lowest BCUT2D eigenvalue weighted by atomic mass is 10.0. The van der Waals surface area contributed by atoms with Gasteiger partial charge in [-0.3, -0.25) is 10.1 Å². The quantitative estimate of drug-likeness (QED) is 0.225. The number of nitrogens with zero attached hydrogens (tertiary/aromatic N) is 3. The highest BCUT2D eigenvalue weighted by atomic mass is 32.1. The van der Waals surface area contributed by atoms with Crippen molar-refractivity contribution >= 4 is 28.0 Å². The summed E-state index contributed by atoms with van der Waals surface area (Å²) in [4.78, 5) is 27.9. The number of benzene rings is 2. The van der Waals surface area contributed by atoms with Crippen molar-refractivity contribution in [1.82, 2.24) is 4.90 Å². The number of halogens is 2. The molecule has 3 aromatic rings. The topological polar surface area (TPSA) is 75.9 Å². The molecule has 0 atom stereocenters. The fraction of sp³-hybridized carbons (Fsp3) is 0.292. The van der Waals surface area contributed by atoms with Crippen LogP contribution in [0.25, 0.3) is 10.4 Å². The second kappa shape index (κ2) is 10.7. The predicted octanol–water partition coefficient (Wildman–Crippen LogP) is 5.48. The number of nitro benzene ring substituents is 1. The molecule has 3 rings (SSSR count). The number of anilines is 1. The minimum atomic E-state index is -0.676. The Labute approximate surface area is 200 Å². The molecule has 2 aromatic carbocycles. The highest BCUT2D eigenvalue weighted by Gasteiger charge is 2.28. The third-order valence-corrected chi connectivity index (χ3v) is 6.48. The van der Waals surface area contributed by atoms with E-state index in [0.717, 1.165) is 4.88 Å². The molecule has 0 bridgehead atoms. The van der Waals surface area contributed by atoms with Crippen LogP contribution in [0.1, 0.15) is 28.4 Å². The van der Waals surface area contributed by atoms with Gasteiger partial charge >= 0.3 is 5.97 Å². The molecule has 0 saturated carbocycles. The molecule has 34 heavy (non-hydrogen) atoms. The lowest BCUT2D eigenvalue weighted by Crippen LogP contribution is -2.21. The van der Waals surface area contributed by atoms with E-state index in [1.165, 1.54) is 41.7 Å². The summed E-state index contributed by atoms with van der Waals surface area (Å²) >= 11 is 1.27. The van der Waals surface area contributed by atoms with Crippen molar-refractivity contribution in [1.29, 1.82) is 0 Å². The maximum absolute atomic E-state index is 14.3. The van der Waals surface area contributed by atoms with Gasteiger partial charge in [-0.15, -0.1) is 11.3 Å². The molecule has 10 heteroatoms. The average Bonchev–Trinajstić information content (AvgIpc) is 3.15. The molecule has 180 valence electrons. The fourth-order valence-corrected chi connectivity index (χ4v) is 4.83. The molecule has 0 aliphatic rings. The van der Waals surface area contributed by atoms with E-state index in [4.69, 9.17) is 4.74 Å². The zero-order valence-electron chi connectivity index (χ0n) is 19.3. The van der Waals surface area contributed by atoms with Crippen molar-refractivity contribution in [2.45, 2.75) is 20.0 Å². The molecule has 0 aliphatic carbocycles. The molecule has 0 N–H and O–H groups in total. The summed E-state index contributed by atoms with van der Waals surface area (Å²) < 4.78 is 34.0. The van der Waals surface area contributed by atoms with Gasteiger partial charge in [-0.1, -0.05) is 6.07 Å². The van der Waals surface area contributed by atoms with Gasteiger partial charge in [0.1, 0.15) is 16.6 Å². The summed E-state index contributed by atoms with van der Waals surface area (Å²) in [6.07, 6.45) is 0. The van der Waals surface area contributed by atoms with Crippen LogP contribution in [-0.2, 0) is 17.8 Å². The van der Waals surface area contributed by atoms with Gasteiger partial charge in [0, 0.05) is 48.3 Å². The molecule has 1 heterocycles. The van der Waals surface area contributed by atoms with Gasteiger partial charge in [-0.2, -0.15) is 0 Å². The van der Waals surface area contributed by atoms with Gasteiger partial charge in [0.2, 0.25) is 0 Å². The van der Waals surface area contributed by atoms with Crippen LogP contribution in [-0.4, -0.2) is 43.5 Å². The largest absolute Gasteiger partial charge is 0.462 e. The Morgan fingerprint density at radius 2 is 1.65 bits per heavy atom. The summed E-state index contributed by atoms with van der Waals surface area (Å²) in [5.74, 6) is -1.89. The molecular weight excluding hydrogens is 464 g/mol. The molecule has 0 spiro atoms. The maximum atomic E-state index is 14.3. The van der Waals surface area contributed by atoms with Crippen molar-refractivity contribution in [3.8, 4) is 10.4 Å². The third kappa shape index (κ3) is 5.40. The zero-order valence-corrected chi connectivity index (χ0v) is 20.1. The van der Waals surface area contributed by atoms with Crippen LogP contribution < -0.4 is 4.90 Å². The van der Waals surface area contributed by atoms with E-state index < -0.39 is 22.5 Å². The zero-order chi connectivity index (χ0) is 25.0. The van der Waals surface area contributed by atoms with Gasteiger partial charge in [0.15, 0.2) is 0 Å². The SMILES string of the molecule is CCOC(=O)c1c(N(C)Cc2c(F)cccc2F)sc(-c2ccc([N+](=O)[O-])cc2)c1CN(C)C. The first-order chi connectivity index (χ1) is 16.1. The van der Waals surface area contributed by atoms with Crippen LogP contribution >= 0.6 is 11.3 Å². The van der Waals surface area contributed by atoms with Crippen LogP contribution in [0.2, 0.25) is 0 Å². The smallest absolute Gasteiger partial charge is 0.341 e. The van der Waals surface area contributed by atoms with Crippen LogP contribution in [0.3, 0.4) is 0 Å². The van der Waals surface area contributed by atoms with E-state index in [1.54, 1.807) is 31.0 Å². The second-order valence-corrected chi connectivity index (χ2v) is 8.91. The molecule has 0 amide bonds. The summed E-state index contributed by atoms with van der Waals surface area (Å²) in [5, 5.41) is 11.6. The van der Waals surface area contributed by atoms with Crippen molar-refractivity contribution in [2.75, 3.05) is 32.6 Å². The number of rotatable bonds is 9. The Hall–Kier alpha value is -3.37. The minimum absolute atomic E-state index is 0.0487. The van der Waals surface area contributed by atoms with Crippen molar-refractivity contribution in [2.24, 2.45) is 0 Å². The number of carbonyl (C=O) groups excluding carboxylic acids is 1. The fourth-order valence-electron chi connectivity index (χ4n) is 3.56. The Bertz CT molecular complexity index is 1180. The van der Waals surface area contributed by atoms with Crippen LogP contribution in [0.4, 0.5) is 19.5 Å². The number of non-ortho nitro benzene ring substituents is 1. The summed E-state index contributed by atoms with van der Waals surface area (Å²) in [6, 6.07) is 9.72. The van der Waals surface area contributed by atoms with Crippen LogP contribution in [0, 0.1) is 21.7 Å². The highest BCUT2D eigenvalue weighted by molar-refractivity contribution is 7.20. The van der Waals surface area contributed by atoms with E-state index in [9.17, 15) is 23.7 Å². The number of ether oxygens (including phenoxy) is 1. The molecular formula is C24H25F2N3O4S. The first kappa shape index (κ1) is 25.3. The number of thiophene rings is 1. The highest BCUT2D eigenvalue weighted by Crippen LogP contribution is 2.43. The monoisotopic (exact) mass is 489 g/mol. The van der Waals surface area contributed by atoms with Crippen molar-refractivity contribution in [3.63, 3.8) is 0 Å². The summed E-state index contributed by atoms with van der Waals surface area (Å²) in [7, 11) is 5.36. The summed E-state index contributed by atoms with van der Waals surface area (Å²) in [5.41, 5.74) is 1.52. The van der Waals surface area contributed by atoms with E-state index in [0.29, 0.717) is 28.2 Å². The van der Waals surface area contributed by atoms with Gasteiger partial charge in [-0.25, -0.2) is 13.6 Å². The van der Waals surface area contributed by atoms with Gasteiger partial charge in [-0.05, 0) is 50.8 Å². The third-order valence-electron chi connectivity index (χ3n) is 5.09. The maximum Gasteiger partial charge on any atom is 0.341 e. The van der Waals surface area contributed by atoms with Crippen LogP contribution in [0.5, 0.6) is 0 Å². The number of nitro groups is 1. The van der Waals surface area contributed by atoms with E-state index in [-0.39, 0.29) is 24.4 Å². The first-order valence-corrected chi connectivity index (χ1v) is 11.3. The molecule has 7 nitrogen and oxygen atoms in total. The van der Waals surface area contributed by atoms with Gasteiger partial charge < -0.3 is 14.5 Å². The Kier molecular flexibility index (Phi) is 7.95. The Balaban J connectivity index is 2.17. The molecule has 0 fully saturated rings. The number of hydrogen-bond donors (Lipinski definition) is 0. The molecule has 0 saturated heterocycles. The summed E-state index contributed by atoms with van der Waals surface area (Å²) in [6.45, 7) is 2.14. The van der Waals surface area contributed by atoms with Gasteiger partial charge in [0.05, 0.1) is 17.1 Å². The molecule has 0 radical (unpaired) electrons. The predicted molar refractivity (Wildman–Crippen MR) is 128 cm³/mol. The lowest BCUT2D eigenvalue weighted by molar-refractivity contribution is -0.384. The van der Waals surface area contributed by atoms with E-state index >= 15 is 0 Å². The van der Waals surface area contributed by atoms with Gasteiger partial charge in [0.25, 0.3) is 5.69 Å². The van der Waals surface area contributed by atoms with Crippen molar-refractivity contribution in [3.05, 3.63) is 80.9 Å². The van der Waals surface area contributed by atoms with Crippen molar-refractivity contribution < 1.29 is 23.2 Å². The standard InChI is InChI=1S/C24H25F2N3O4S/c1-5-33-24(30)21-18(13-27(2)3)22(15-9-11-16(12-10-15)29(31)32)34-23(21)28(4)14-17-19(25)7-6-8-20(17)26/h6-12H,5,13-14H2,1-4H3. The van der Waals surface area contributed by atoms with E-state index in [1.807, 2.05) is 19.0 Å². The molecule has 1 aromatic heterocycles. The second-order valence-electron chi connectivity index (χ2n) is 7.91. The molecule has 0 unspecified atom stereocenters. The van der Waals surface area contributed by atoms with E-state index in [2.05, 4.69) is 0 Å². The minimum Gasteiger partial charge on any atom is -0.462 e. The van der Waals surface area contributed by atoms with Crippen LogP contribution in [0.15, 0.2) is 42.5 Å². The molecule has 0 aliphatic heterocycles. The first-order valence-electron chi connectivity index (χ1n) is 10.5. The Morgan fingerprint density at radius 3 is 2.18 bits per heavy atom.